The molecule has 2 aromatic rings. The maximum absolute atomic E-state index is 13.7. The monoisotopic (exact) mass is 375 g/mol. The van der Waals surface area contributed by atoms with E-state index in [1.807, 2.05) is 0 Å². The highest BCUT2D eigenvalue weighted by atomic mass is 32.2. The van der Waals surface area contributed by atoms with Crippen molar-refractivity contribution in [3.8, 4) is 0 Å². The molecule has 8 heteroatoms. The fraction of sp³-hybridized carbons (Fsp3) is 0.167. The number of anilines is 1. The van der Waals surface area contributed by atoms with Crippen molar-refractivity contribution in [1.29, 1.82) is 0 Å². The van der Waals surface area contributed by atoms with Crippen molar-refractivity contribution in [3.05, 3.63) is 60.2 Å². The highest BCUT2D eigenvalue weighted by molar-refractivity contribution is 8.15. The number of carbonyl (C=O) groups excluding carboxylic acids is 2. The predicted molar refractivity (Wildman–Crippen MR) is 97.3 cm³/mol. The minimum absolute atomic E-state index is 0.0239. The van der Waals surface area contributed by atoms with Crippen LogP contribution in [0.5, 0.6) is 0 Å². The molecule has 0 aliphatic carbocycles. The van der Waals surface area contributed by atoms with Crippen LogP contribution in [0.1, 0.15) is 6.42 Å². The molecule has 2 amide bonds. The molecule has 1 fully saturated rings. The molecule has 1 N–H and O–H groups in total. The highest BCUT2D eigenvalue weighted by Gasteiger charge is 2.34. The van der Waals surface area contributed by atoms with Crippen molar-refractivity contribution in [2.24, 2.45) is 4.99 Å². The number of para-hydroxylation sites is 1. The van der Waals surface area contributed by atoms with E-state index in [0.29, 0.717) is 10.9 Å². The second kappa shape index (κ2) is 7.65. The van der Waals surface area contributed by atoms with Crippen LogP contribution < -0.4 is 5.32 Å². The van der Waals surface area contributed by atoms with Gasteiger partial charge >= 0.3 is 0 Å². The van der Waals surface area contributed by atoms with Crippen LogP contribution in [0, 0.1) is 11.6 Å². The number of halogens is 2. The number of nitrogens with one attached hydrogen (secondary N) is 1. The zero-order chi connectivity index (χ0) is 18.7. The SMILES string of the molecule is CN1C(=O)C[C@H](C(=O)Nc2ccccc2F)SC1=Nc1ccc(F)cc1. The van der Waals surface area contributed by atoms with Gasteiger partial charge in [0.2, 0.25) is 11.8 Å². The first-order valence-electron chi connectivity index (χ1n) is 7.77. The Hall–Kier alpha value is -2.74. The smallest absolute Gasteiger partial charge is 0.238 e. The lowest BCUT2D eigenvalue weighted by molar-refractivity contribution is -0.128. The number of aliphatic imine (C=N–C) groups is 1. The molecule has 0 bridgehead atoms. The van der Waals surface area contributed by atoms with Gasteiger partial charge in [0.1, 0.15) is 16.9 Å². The van der Waals surface area contributed by atoms with E-state index in [1.165, 1.54) is 47.4 Å². The first-order valence-corrected chi connectivity index (χ1v) is 8.65. The van der Waals surface area contributed by atoms with Crippen LogP contribution in [0.3, 0.4) is 0 Å². The Kier molecular flexibility index (Phi) is 5.32. The van der Waals surface area contributed by atoms with Gasteiger partial charge in [-0.05, 0) is 36.4 Å². The molecule has 134 valence electrons. The molecule has 0 unspecified atom stereocenters. The fourth-order valence-electron chi connectivity index (χ4n) is 2.30. The summed E-state index contributed by atoms with van der Waals surface area (Å²) in [7, 11) is 1.56. The van der Waals surface area contributed by atoms with E-state index in [2.05, 4.69) is 10.3 Å². The van der Waals surface area contributed by atoms with Crippen molar-refractivity contribution < 1.29 is 18.4 Å². The summed E-state index contributed by atoms with van der Waals surface area (Å²) in [6, 6.07) is 11.3. The molecule has 0 aromatic heterocycles. The number of nitrogens with zero attached hydrogens (tertiary/aromatic N) is 2. The van der Waals surface area contributed by atoms with Gasteiger partial charge in [0.25, 0.3) is 0 Å². The lowest BCUT2D eigenvalue weighted by Crippen LogP contribution is -2.43. The van der Waals surface area contributed by atoms with E-state index < -0.39 is 22.8 Å². The lowest BCUT2D eigenvalue weighted by Gasteiger charge is -2.28. The molecule has 2 aromatic carbocycles. The molecule has 1 aliphatic heterocycles. The third kappa shape index (κ3) is 4.08. The molecule has 1 saturated heterocycles. The van der Waals surface area contributed by atoms with Gasteiger partial charge in [-0.1, -0.05) is 23.9 Å². The molecule has 3 rings (SSSR count). The van der Waals surface area contributed by atoms with Crippen LogP contribution in [0.4, 0.5) is 20.2 Å². The van der Waals surface area contributed by atoms with Gasteiger partial charge in [-0.3, -0.25) is 14.5 Å². The summed E-state index contributed by atoms with van der Waals surface area (Å²) in [6.07, 6.45) is -0.0239. The minimum Gasteiger partial charge on any atom is -0.323 e. The van der Waals surface area contributed by atoms with Gasteiger partial charge in [-0.25, -0.2) is 13.8 Å². The molecular formula is C18H15F2N3O2S. The predicted octanol–water partition coefficient (Wildman–Crippen LogP) is 3.55. The normalized spacial score (nSPS) is 18.9. The van der Waals surface area contributed by atoms with Gasteiger partial charge in [0.05, 0.1) is 11.4 Å². The Morgan fingerprint density at radius 2 is 1.88 bits per heavy atom. The minimum atomic E-state index is -0.738. The van der Waals surface area contributed by atoms with E-state index in [9.17, 15) is 18.4 Å². The number of amidine groups is 1. The van der Waals surface area contributed by atoms with Crippen molar-refractivity contribution in [1.82, 2.24) is 4.90 Å². The van der Waals surface area contributed by atoms with E-state index in [1.54, 1.807) is 13.1 Å². The molecule has 0 radical (unpaired) electrons. The Balaban J connectivity index is 1.79. The second-order valence-corrected chi connectivity index (χ2v) is 6.77. The van der Waals surface area contributed by atoms with Gasteiger partial charge < -0.3 is 5.32 Å². The summed E-state index contributed by atoms with van der Waals surface area (Å²) in [4.78, 5) is 30.3. The van der Waals surface area contributed by atoms with E-state index in [4.69, 9.17) is 0 Å². The lowest BCUT2D eigenvalue weighted by atomic mass is 10.2. The third-order valence-corrected chi connectivity index (χ3v) is 4.99. The van der Waals surface area contributed by atoms with Crippen LogP contribution in [0.25, 0.3) is 0 Å². The van der Waals surface area contributed by atoms with Gasteiger partial charge in [0.15, 0.2) is 5.17 Å². The number of amides is 2. The Morgan fingerprint density at radius 1 is 1.19 bits per heavy atom. The summed E-state index contributed by atoms with van der Waals surface area (Å²) < 4.78 is 26.7. The number of benzene rings is 2. The van der Waals surface area contributed by atoms with Crippen LogP contribution in [0.2, 0.25) is 0 Å². The Bertz CT molecular complexity index is 871. The maximum atomic E-state index is 13.7. The summed E-state index contributed by atoms with van der Waals surface area (Å²) in [5.74, 6) is -1.70. The van der Waals surface area contributed by atoms with Gasteiger partial charge in [-0.15, -0.1) is 0 Å². The average Bonchev–Trinajstić information content (AvgIpc) is 2.62. The number of carbonyl (C=O) groups is 2. The fourth-order valence-corrected chi connectivity index (χ4v) is 3.36. The molecule has 1 heterocycles. The highest BCUT2D eigenvalue weighted by Crippen LogP contribution is 2.29. The van der Waals surface area contributed by atoms with E-state index in [-0.39, 0.29) is 18.0 Å². The summed E-state index contributed by atoms with van der Waals surface area (Å²) in [6.45, 7) is 0. The number of rotatable bonds is 3. The topological polar surface area (TPSA) is 61.8 Å². The zero-order valence-electron chi connectivity index (χ0n) is 13.8. The summed E-state index contributed by atoms with van der Waals surface area (Å²) in [5.41, 5.74) is 0.519. The van der Waals surface area contributed by atoms with E-state index >= 15 is 0 Å². The molecule has 1 aliphatic rings. The summed E-state index contributed by atoms with van der Waals surface area (Å²) in [5, 5.41) is 2.08. The van der Waals surface area contributed by atoms with Crippen molar-refractivity contribution in [2.75, 3.05) is 12.4 Å². The van der Waals surface area contributed by atoms with Gasteiger partial charge in [-0.2, -0.15) is 0 Å². The first-order chi connectivity index (χ1) is 12.4. The standard InChI is InChI=1S/C18H15F2N3O2S/c1-23-16(24)10-15(17(25)22-14-5-3-2-4-13(14)20)26-18(23)21-12-8-6-11(19)7-9-12/h2-9,15H,10H2,1H3,(H,22,25)/t15-/m1/s1. The molecule has 1 atom stereocenters. The third-order valence-electron chi connectivity index (χ3n) is 3.74. The van der Waals surface area contributed by atoms with Crippen LogP contribution >= 0.6 is 11.8 Å². The molecular weight excluding hydrogens is 360 g/mol. The van der Waals surface area contributed by atoms with Crippen molar-refractivity contribution >= 4 is 40.1 Å². The van der Waals surface area contributed by atoms with Crippen molar-refractivity contribution in [2.45, 2.75) is 11.7 Å². The van der Waals surface area contributed by atoms with Gasteiger partial charge in [0, 0.05) is 13.5 Å². The van der Waals surface area contributed by atoms with Crippen molar-refractivity contribution in [3.63, 3.8) is 0 Å². The zero-order valence-corrected chi connectivity index (χ0v) is 14.6. The molecule has 0 spiro atoms. The molecule has 0 saturated carbocycles. The largest absolute Gasteiger partial charge is 0.323 e. The number of thioether (sulfide) groups is 1. The first kappa shape index (κ1) is 18.1. The van der Waals surface area contributed by atoms with Crippen LogP contribution in [0.15, 0.2) is 53.5 Å². The second-order valence-electron chi connectivity index (χ2n) is 5.60. The number of hydrogen-bond donors (Lipinski definition) is 1. The summed E-state index contributed by atoms with van der Waals surface area (Å²) >= 11 is 1.10. The maximum Gasteiger partial charge on any atom is 0.238 e. The molecule has 5 nitrogen and oxygen atoms in total. The van der Waals surface area contributed by atoms with E-state index in [0.717, 1.165) is 11.8 Å². The Labute approximate surface area is 153 Å². The van der Waals surface area contributed by atoms with Crippen LogP contribution in [-0.4, -0.2) is 34.2 Å². The molecule has 26 heavy (non-hydrogen) atoms. The quantitative estimate of drug-likeness (QED) is 0.892. The number of hydrogen-bond acceptors (Lipinski definition) is 4. The Morgan fingerprint density at radius 3 is 2.58 bits per heavy atom. The van der Waals surface area contributed by atoms with Crippen LogP contribution in [-0.2, 0) is 9.59 Å². The average molecular weight is 375 g/mol.